The van der Waals surface area contributed by atoms with Crippen molar-refractivity contribution in [2.24, 2.45) is 5.92 Å². The van der Waals surface area contributed by atoms with Gasteiger partial charge in [-0.25, -0.2) is 0 Å². The zero-order chi connectivity index (χ0) is 12.9. The van der Waals surface area contributed by atoms with Gasteiger partial charge in [0.15, 0.2) is 5.78 Å². The number of carbonyl (C=O) groups is 1. The molecule has 2 nitrogen and oxygen atoms in total. The number of hydrogen-bond acceptors (Lipinski definition) is 2. The van der Waals surface area contributed by atoms with Crippen molar-refractivity contribution in [2.75, 3.05) is 13.6 Å². The summed E-state index contributed by atoms with van der Waals surface area (Å²) in [6.45, 7) is 5.10. The summed E-state index contributed by atoms with van der Waals surface area (Å²) in [5, 5.41) is 0. The number of ketones is 1. The van der Waals surface area contributed by atoms with E-state index >= 15 is 0 Å². The maximum absolute atomic E-state index is 12.0. The lowest BCUT2D eigenvalue weighted by Crippen LogP contribution is -2.26. The SMILES string of the molecule is CC.CN1CC2CC23C1=CC(=O)c1ccccc13. The highest BCUT2D eigenvalue weighted by molar-refractivity contribution is 6.08. The Bertz CT molecular complexity index is 546. The van der Waals surface area contributed by atoms with E-state index in [4.69, 9.17) is 0 Å². The van der Waals surface area contributed by atoms with Gasteiger partial charge in [0.05, 0.1) is 0 Å². The van der Waals surface area contributed by atoms with Crippen LogP contribution in [0.2, 0.25) is 0 Å². The first-order chi connectivity index (χ1) is 8.73. The van der Waals surface area contributed by atoms with Crippen molar-refractivity contribution in [1.82, 2.24) is 4.90 Å². The Hall–Kier alpha value is -1.57. The number of fused-ring (bicyclic) bond motifs is 1. The van der Waals surface area contributed by atoms with E-state index in [1.807, 2.05) is 32.1 Å². The van der Waals surface area contributed by atoms with Gasteiger partial charge in [0.2, 0.25) is 0 Å². The maximum atomic E-state index is 12.0. The van der Waals surface area contributed by atoms with E-state index in [2.05, 4.69) is 24.1 Å². The van der Waals surface area contributed by atoms with Crippen LogP contribution < -0.4 is 0 Å². The third-order valence-corrected chi connectivity index (χ3v) is 4.41. The zero-order valence-electron chi connectivity index (χ0n) is 11.2. The van der Waals surface area contributed by atoms with Gasteiger partial charge in [0.25, 0.3) is 0 Å². The Morgan fingerprint density at radius 2 is 2.00 bits per heavy atom. The highest BCUT2D eigenvalue weighted by Crippen LogP contribution is 2.66. The molecule has 18 heavy (non-hydrogen) atoms. The van der Waals surface area contributed by atoms with E-state index in [9.17, 15) is 4.79 Å². The molecule has 0 amide bonds. The molecule has 1 saturated heterocycles. The monoisotopic (exact) mass is 241 g/mol. The van der Waals surface area contributed by atoms with Crippen molar-refractivity contribution in [3.63, 3.8) is 0 Å². The van der Waals surface area contributed by atoms with E-state index in [1.165, 1.54) is 17.7 Å². The minimum absolute atomic E-state index is 0.177. The lowest BCUT2D eigenvalue weighted by molar-refractivity contribution is 0.103. The molecule has 0 bridgehead atoms. The minimum atomic E-state index is 0.177. The first kappa shape index (κ1) is 11.5. The Labute approximate surface area is 108 Å². The van der Waals surface area contributed by atoms with Crippen LogP contribution in [0.15, 0.2) is 36.0 Å². The molecule has 1 heterocycles. The van der Waals surface area contributed by atoms with E-state index in [0.29, 0.717) is 0 Å². The van der Waals surface area contributed by atoms with Crippen molar-refractivity contribution in [2.45, 2.75) is 25.7 Å². The quantitative estimate of drug-likeness (QED) is 0.696. The smallest absolute Gasteiger partial charge is 0.187 e. The predicted molar refractivity (Wildman–Crippen MR) is 72.6 cm³/mol. The second-order valence-corrected chi connectivity index (χ2v) is 5.19. The van der Waals surface area contributed by atoms with Gasteiger partial charge < -0.3 is 4.90 Å². The number of benzene rings is 1. The third-order valence-electron chi connectivity index (χ3n) is 4.41. The van der Waals surface area contributed by atoms with Crippen LogP contribution >= 0.6 is 0 Å². The fraction of sp³-hybridized carbons (Fsp3) is 0.438. The van der Waals surface area contributed by atoms with Crippen LogP contribution in [0.1, 0.15) is 36.2 Å². The molecule has 1 aromatic carbocycles. The van der Waals surface area contributed by atoms with Gasteiger partial charge in [-0.05, 0) is 17.9 Å². The van der Waals surface area contributed by atoms with E-state index in [1.54, 1.807) is 0 Å². The number of likely N-dealkylation sites (N-methyl/N-ethyl adjacent to an activating group) is 1. The first-order valence-electron chi connectivity index (χ1n) is 6.80. The molecule has 2 atom stereocenters. The molecule has 3 aliphatic rings. The lowest BCUT2D eigenvalue weighted by Gasteiger charge is -2.27. The maximum Gasteiger partial charge on any atom is 0.187 e. The molecule has 1 saturated carbocycles. The molecule has 2 heteroatoms. The number of piperidine rings is 1. The molecule has 1 aromatic rings. The highest BCUT2D eigenvalue weighted by atomic mass is 16.1. The van der Waals surface area contributed by atoms with Crippen LogP contribution in [0, 0.1) is 5.92 Å². The van der Waals surface area contributed by atoms with Gasteiger partial charge in [-0.2, -0.15) is 0 Å². The summed E-state index contributed by atoms with van der Waals surface area (Å²) < 4.78 is 0. The molecule has 4 rings (SSSR count). The minimum Gasteiger partial charge on any atom is -0.377 e. The topological polar surface area (TPSA) is 20.3 Å². The third kappa shape index (κ3) is 1.21. The van der Waals surface area contributed by atoms with E-state index in [0.717, 1.165) is 18.0 Å². The summed E-state index contributed by atoms with van der Waals surface area (Å²) in [6.07, 6.45) is 3.09. The summed E-state index contributed by atoms with van der Waals surface area (Å²) in [5.41, 5.74) is 3.65. The van der Waals surface area contributed by atoms with Crippen molar-refractivity contribution in [1.29, 1.82) is 0 Å². The van der Waals surface area contributed by atoms with Crippen LogP contribution in [0.4, 0.5) is 0 Å². The fourth-order valence-electron chi connectivity index (χ4n) is 3.63. The molecule has 0 aromatic heterocycles. The number of carbonyl (C=O) groups excluding carboxylic acids is 1. The molecule has 2 unspecified atom stereocenters. The molecule has 94 valence electrons. The van der Waals surface area contributed by atoms with Gasteiger partial charge in [-0.15, -0.1) is 0 Å². The van der Waals surface area contributed by atoms with Gasteiger partial charge in [0, 0.05) is 36.3 Å². The van der Waals surface area contributed by atoms with Crippen molar-refractivity contribution in [3.05, 3.63) is 47.2 Å². The number of allylic oxidation sites excluding steroid dienone is 2. The van der Waals surface area contributed by atoms with Crippen molar-refractivity contribution in [3.8, 4) is 0 Å². The fourth-order valence-corrected chi connectivity index (χ4v) is 3.63. The largest absolute Gasteiger partial charge is 0.377 e. The Morgan fingerprint density at radius 3 is 2.78 bits per heavy atom. The second-order valence-electron chi connectivity index (χ2n) is 5.19. The Kier molecular flexibility index (Phi) is 2.37. The number of nitrogens with zero attached hydrogens (tertiary/aromatic N) is 1. The van der Waals surface area contributed by atoms with E-state index < -0.39 is 0 Å². The predicted octanol–water partition coefficient (Wildman–Crippen LogP) is 3.00. The lowest BCUT2D eigenvalue weighted by atomic mass is 9.81. The molecule has 0 N–H and O–H groups in total. The molecular weight excluding hydrogens is 222 g/mol. The summed E-state index contributed by atoms with van der Waals surface area (Å²) in [7, 11) is 2.10. The molecule has 2 fully saturated rings. The number of rotatable bonds is 0. The Morgan fingerprint density at radius 1 is 1.28 bits per heavy atom. The van der Waals surface area contributed by atoms with Gasteiger partial charge in [-0.3, -0.25) is 4.79 Å². The van der Waals surface area contributed by atoms with Crippen LogP contribution in [-0.2, 0) is 5.41 Å². The van der Waals surface area contributed by atoms with Crippen molar-refractivity contribution < 1.29 is 4.79 Å². The molecule has 0 radical (unpaired) electrons. The molecular formula is C16H19NO. The van der Waals surface area contributed by atoms with Crippen LogP contribution in [0.3, 0.4) is 0 Å². The molecule has 2 aliphatic carbocycles. The number of hydrogen-bond donors (Lipinski definition) is 0. The standard InChI is InChI=1S/C14H13NO.C2H6/c1-15-8-9-7-14(9)11-5-3-2-4-10(11)12(16)6-13(14)15;1-2/h2-6,9H,7-8H2,1H3;1-2H3. The Balaban J connectivity index is 0.000000478. The summed E-state index contributed by atoms with van der Waals surface area (Å²) >= 11 is 0. The summed E-state index contributed by atoms with van der Waals surface area (Å²) in [6, 6.07) is 8.12. The summed E-state index contributed by atoms with van der Waals surface area (Å²) in [5.74, 6) is 0.911. The zero-order valence-corrected chi connectivity index (χ0v) is 11.2. The van der Waals surface area contributed by atoms with Crippen LogP contribution in [-0.4, -0.2) is 24.3 Å². The van der Waals surface area contributed by atoms with Crippen LogP contribution in [0.25, 0.3) is 0 Å². The highest BCUT2D eigenvalue weighted by Gasteiger charge is 2.65. The molecule has 1 aliphatic heterocycles. The van der Waals surface area contributed by atoms with Crippen molar-refractivity contribution >= 4 is 5.78 Å². The van der Waals surface area contributed by atoms with E-state index in [-0.39, 0.29) is 11.2 Å². The van der Waals surface area contributed by atoms with Crippen LogP contribution in [0.5, 0.6) is 0 Å². The average Bonchev–Trinajstić information content (AvgIpc) is 3.04. The summed E-state index contributed by atoms with van der Waals surface area (Å²) in [4.78, 5) is 14.3. The first-order valence-corrected chi connectivity index (χ1v) is 6.80. The average molecular weight is 241 g/mol. The van der Waals surface area contributed by atoms with Gasteiger partial charge in [0.1, 0.15) is 0 Å². The molecule has 1 spiro atoms. The second kappa shape index (κ2) is 3.71. The normalized spacial score (nSPS) is 30.6. The van der Waals surface area contributed by atoms with Gasteiger partial charge in [-0.1, -0.05) is 38.1 Å². The number of likely N-dealkylation sites (tertiary alicyclic amines) is 1. The van der Waals surface area contributed by atoms with Gasteiger partial charge >= 0.3 is 0 Å².